The minimum absolute atomic E-state index is 0.189. The van der Waals surface area contributed by atoms with Crippen LogP contribution in [0, 0.1) is 12.8 Å². The Morgan fingerprint density at radius 1 is 1.59 bits per heavy atom. The molecule has 1 aromatic heterocycles. The van der Waals surface area contributed by atoms with Gasteiger partial charge in [0.05, 0.1) is 0 Å². The van der Waals surface area contributed by atoms with Gasteiger partial charge in [-0.25, -0.2) is 4.79 Å². The number of aromatic nitrogens is 1. The van der Waals surface area contributed by atoms with E-state index in [0.717, 1.165) is 30.6 Å². The molecule has 1 aromatic rings. The van der Waals surface area contributed by atoms with E-state index in [0.29, 0.717) is 0 Å². The van der Waals surface area contributed by atoms with Gasteiger partial charge in [-0.05, 0) is 37.3 Å². The van der Waals surface area contributed by atoms with Crippen molar-refractivity contribution in [3.8, 4) is 0 Å². The lowest BCUT2D eigenvalue weighted by Gasteiger charge is -2.39. The fraction of sp³-hybridized carbons (Fsp3) is 0.538. The second kappa shape index (κ2) is 4.73. The average Bonchev–Trinajstić information content (AvgIpc) is 2.28. The molecular formula is C13H18N2O2. The number of carboxylic acids is 1. The van der Waals surface area contributed by atoms with Crippen LogP contribution < -0.4 is 4.90 Å². The smallest absolute Gasteiger partial charge is 0.326 e. The molecule has 2 unspecified atom stereocenters. The van der Waals surface area contributed by atoms with Crippen molar-refractivity contribution < 1.29 is 9.90 Å². The normalized spacial score (nSPS) is 24.7. The van der Waals surface area contributed by atoms with Gasteiger partial charge in [-0.1, -0.05) is 6.92 Å². The van der Waals surface area contributed by atoms with Crippen molar-refractivity contribution in [2.24, 2.45) is 5.92 Å². The van der Waals surface area contributed by atoms with Gasteiger partial charge in [0.1, 0.15) is 6.04 Å². The van der Waals surface area contributed by atoms with Crippen LogP contribution in [0.2, 0.25) is 0 Å². The minimum atomic E-state index is -0.728. The summed E-state index contributed by atoms with van der Waals surface area (Å²) in [5.74, 6) is -0.540. The number of hydrogen-bond acceptors (Lipinski definition) is 3. The van der Waals surface area contributed by atoms with E-state index in [4.69, 9.17) is 0 Å². The minimum Gasteiger partial charge on any atom is -0.480 e. The SMILES string of the molecule is Cc1cnccc1N1CCCC(C)C1C(=O)O. The highest BCUT2D eigenvalue weighted by Gasteiger charge is 2.34. The van der Waals surface area contributed by atoms with Crippen LogP contribution in [0.25, 0.3) is 0 Å². The summed E-state index contributed by atoms with van der Waals surface area (Å²) in [5.41, 5.74) is 2.03. The molecule has 0 aromatic carbocycles. The average molecular weight is 234 g/mol. The lowest BCUT2D eigenvalue weighted by molar-refractivity contribution is -0.140. The molecule has 0 bridgehead atoms. The molecule has 0 radical (unpaired) electrons. The molecule has 0 saturated carbocycles. The number of anilines is 1. The van der Waals surface area contributed by atoms with Crippen LogP contribution >= 0.6 is 0 Å². The van der Waals surface area contributed by atoms with Gasteiger partial charge in [-0.2, -0.15) is 0 Å². The summed E-state index contributed by atoms with van der Waals surface area (Å²) < 4.78 is 0. The summed E-state index contributed by atoms with van der Waals surface area (Å²) in [6.45, 7) is 4.80. The number of rotatable bonds is 2. The van der Waals surface area contributed by atoms with Gasteiger partial charge in [0.25, 0.3) is 0 Å². The summed E-state index contributed by atoms with van der Waals surface area (Å²) in [4.78, 5) is 17.5. The second-order valence-corrected chi connectivity index (χ2v) is 4.76. The van der Waals surface area contributed by atoms with Crippen LogP contribution in [0.15, 0.2) is 18.5 Å². The van der Waals surface area contributed by atoms with Gasteiger partial charge in [0, 0.05) is 24.6 Å². The van der Waals surface area contributed by atoms with Crippen molar-refractivity contribution in [2.45, 2.75) is 32.7 Å². The topological polar surface area (TPSA) is 53.4 Å². The largest absolute Gasteiger partial charge is 0.480 e. The fourth-order valence-corrected chi connectivity index (χ4v) is 2.62. The Balaban J connectivity index is 2.35. The highest BCUT2D eigenvalue weighted by Crippen LogP contribution is 2.30. The van der Waals surface area contributed by atoms with E-state index in [9.17, 15) is 9.90 Å². The van der Waals surface area contributed by atoms with E-state index < -0.39 is 12.0 Å². The molecule has 1 saturated heterocycles. The van der Waals surface area contributed by atoms with Crippen LogP contribution in [-0.4, -0.2) is 28.6 Å². The summed E-state index contributed by atoms with van der Waals surface area (Å²) in [5, 5.41) is 9.37. The molecular weight excluding hydrogens is 216 g/mol. The number of aryl methyl sites for hydroxylation is 1. The maximum absolute atomic E-state index is 11.4. The Bertz CT molecular complexity index is 420. The molecule has 17 heavy (non-hydrogen) atoms. The van der Waals surface area contributed by atoms with Crippen LogP contribution in [0.4, 0.5) is 5.69 Å². The van der Waals surface area contributed by atoms with Gasteiger partial charge in [0.15, 0.2) is 0 Å². The molecule has 2 rings (SSSR count). The quantitative estimate of drug-likeness (QED) is 0.851. The summed E-state index contributed by atoms with van der Waals surface area (Å²) in [7, 11) is 0. The molecule has 2 heterocycles. The van der Waals surface area contributed by atoms with Gasteiger partial charge < -0.3 is 10.0 Å². The van der Waals surface area contributed by atoms with E-state index in [2.05, 4.69) is 4.98 Å². The Kier molecular flexibility index (Phi) is 3.31. The first-order valence-electron chi connectivity index (χ1n) is 6.01. The number of piperidine rings is 1. The molecule has 92 valence electrons. The number of aliphatic carboxylic acids is 1. The zero-order valence-electron chi connectivity index (χ0n) is 10.3. The van der Waals surface area contributed by atoms with Crippen LogP contribution in [-0.2, 0) is 4.79 Å². The van der Waals surface area contributed by atoms with Gasteiger partial charge >= 0.3 is 5.97 Å². The lowest BCUT2D eigenvalue weighted by Crippen LogP contribution is -2.49. The molecule has 1 aliphatic heterocycles. The molecule has 1 fully saturated rings. The van der Waals surface area contributed by atoms with Crippen molar-refractivity contribution >= 4 is 11.7 Å². The first kappa shape index (κ1) is 11.9. The summed E-state index contributed by atoms with van der Waals surface area (Å²) in [6.07, 6.45) is 5.54. The maximum Gasteiger partial charge on any atom is 0.326 e. The molecule has 1 aliphatic rings. The van der Waals surface area contributed by atoms with E-state index in [1.165, 1.54) is 0 Å². The van der Waals surface area contributed by atoms with E-state index in [1.807, 2.05) is 24.8 Å². The second-order valence-electron chi connectivity index (χ2n) is 4.76. The zero-order chi connectivity index (χ0) is 12.4. The third kappa shape index (κ3) is 2.25. The van der Waals surface area contributed by atoms with Crippen LogP contribution in [0.3, 0.4) is 0 Å². The highest BCUT2D eigenvalue weighted by atomic mass is 16.4. The number of nitrogens with zero attached hydrogens (tertiary/aromatic N) is 2. The molecule has 0 aliphatic carbocycles. The summed E-state index contributed by atoms with van der Waals surface area (Å²) in [6, 6.07) is 1.49. The third-order valence-corrected chi connectivity index (χ3v) is 3.49. The third-order valence-electron chi connectivity index (χ3n) is 3.49. The van der Waals surface area contributed by atoms with E-state index >= 15 is 0 Å². The van der Waals surface area contributed by atoms with Crippen LogP contribution in [0.1, 0.15) is 25.3 Å². The molecule has 1 N–H and O–H groups in total. The van der Waals surface area contributed by atoms with E-state index in [-0.39, 0.29) is 5.92 Å². The zero-order valence-corrected chi connectivity index (χ0v) is 10.3. The van der Waals surface area contributed by atoms with Gasteiger partial charge in [0.2, 0.25) is 0 Å². The standard InChI is InChI=1S/C13H18N2O2/c1-9-4-3-7-15(12(9)13(16)17)11-5-6-14-8-10(11)2/h5-6,8-9,12H,3-4,7H2,1-2H3,(H,16,17). The van der Waals surface area contributed by atoms with Crippen molar-refractivity contribution in [2.75, 3.05) is 11.4 Å². The lowest BCUT2D eigenvalue weighted by atomic mass is 9.90. The molecule has 4 nitrogen and oxygen atoms in total. The Morgan fingerprint density at radius 3 is 3.00 bits per heavy atom. The molecule has 4 heteroatoms. The van der Waals surface area contributed by atoms with Crippen molar-refractivity contribution in [1.82, 2.24) is 4.98 Å². The van der Waals surface area contributed by atoms with Crippen molar-refractivity contribution in [3.63, 3.8) is 0 Å². The van der Waals surface area contributed by atoms with Gasteiger partial charge in [-0.15, -0.1) is 0 Å². The monoisotopic (exact) mass is 234 g/mol. The predicted molar refractivity (Wildman–Crippen MR) is 66.1 cm³/mol. The Labute approximate surface area is 101 Å². The van der Waals surface area contributed by atoms with Crippen molar-refractivity contribution in [3.05, 3.63) is 24.0 Å². The summed E-state index contributed by atoms with van der Waals surface area (Å²) >= 11 is 0. The fourth-order valence-electron chi connectivity index (χ4n) is 2.62. The predicted octanol–water partition coefficient (Wildman–Crippen LogP) is 2.08. The first-order chi connectivity index (χ1) is 8.11. The Morgan fingerprint density at radius 2 is 2.35 bits per heavy atom. The number of hydrogen-bond donors (Lipinski definition) is 1. The van der Waals surface area contributed by atoms with E-state index in [1.54, 1.807) is 12.4 Å². The highest BCUT2D eigenvalue weighted by molar-refractivity contribution is 5.79. The first-order valence-corrected chi connectivity index (χ1v) is 6.01. The van der Waals surface area contributed by atoms with Crippen LogP contribution in [0.5, 0.6) is 0 Å². The molecule has 2 atom stereocenters. The number of carbonyl (C=O) groups is 1. The maximum atomic E-state index is 11.4. The number of pyridine rings is 1. The van der Waals surface area contributed by atoms with Crippen molar-refractivity contribution in [1.29, 1.82) is 0 Å². The molecule has 0 amide bonds. The molecule has 0 spiro atoms. The number of carboxylic acid groups (broad SMARTS) is 1. The Hall–Kier alpha value is -1.58. The van der Waals surface area contributed by atoms with Gasteiger partial charge in [-0.3, -0.25) is 4.98 Å².